The third-order valence-electron chi connectivity index (χ3n) is 5.74. The van der Waals surface area contributed by atoms with Crippen LogP contribution in [0.4, 0.5) is 4.79 Å². The molecule has 1 saturated heterocycles. The molecule has 188 valence electrons. The first-order valence-electron chi connectivity index (χ1n) is 11.7. The van der Waals surface area contributed by atoms with E-state index < -0.39 is 6.10 Å². The van der Waals surface area contributed by atoms with Gasteiger partial charge in [-0.05, 0) is 54.1 Å². The number of aliphatic hydroxyl groups is 1. The van der Waals surface area contributed by atoms with Gasteiger partial charge in [-0.3, -0.25) is 9.80 Å². The van der Waals surface area contributed by atoms with Crippen molar-refractivity contribution in [3.05, 3.63) is 79.7 Å². The zero-order valence-corrected chi connectivity index (χ0v) is 22.5. The van der Waals surface area contributed by atoms with E-state index >= 15 is 0 Å². The smallest absolute Gasteiger partial charge is 0.348 e. The van der Waals surface area contributed by atoms with Crippen LogP contribution < -0.4 is 0 Å². The van der Waals surface area contributed by atoms with Crippen LogP contribution in [0.25, 0.3) is 0 Å². The molecule has 1 fully saturated rings. The Bertz CT molecular complexity index is 1230. The molecule has 2 aromatic heterocycles. The molecule has 1 amide bonds. The number of thioether (sulfide) groups is 1. The third-order valence-corrected chi connectivity index (χ3v) is 8.39. The monoisotopic (exact) mass is 540 g/mol. The van der Waals surface area contributed by atoms with Crippen molar-refractivity contribution in [1.82, 2.24) is 10.0 Å². The predicted octanol–water partition coefficient (Wildman–Crippen LogP) is 4.92. The van der Waals surface area contributed by atoms with Crippen molar-refractivity contribution < 1.29 is 19.4 Å². The minimum absolute atomic E-state index is 0.0254. The van der Waals surface area contributed by atoms with Gasteiger partial charge in [-0.2, -0.15) is 11.3 Å². The first kappa shape index (κ1) is 26.5. The van der Waals surface area contributed by atoms with Crippen LogP contribution in [-0.4, -0.2) is 64.9 Å². The molecule has 4 rings (SSSR count). The van der Waals surface area contributed by atoms with Crippen molar-refractivity contribution >= 4 is 45.6 Å². The average molecular weight is 541 g/mol. The number of nitrogens with zero attached hydrogens (tertiary/aromatic N) is 2. The van der Waals surface area contributed by atoms with E-state index in [1.54, 1.807) is 22.4 Å². The molecule has 1 aliphatic heterocycles. The van der Waals surface area contributed by atoms with E-state index in [9.17, 15) is 14.7 Å². The number of hydrogen-bond donors (Lipinski definition) is 1. The molecule has 3 aromatic rings. The van der Waals surface area contributed by atoms with Gasteiger partial charge in [0.05, 0.1) is 13.2 Å². The molecule has 1 N–H and O–H groups in total. The lowest BCUT2D eigenvalue weighted by Crippen LogP contribution is -2.51. The van der Waals surface area contributed by atoms with E-state index in [1.807, 2.05) is 52.2 Å². The Balaban J connectivity index is 1.30. The number of amides is 1. The Kier molecular flexibility index (Phi) is 9.61. The summed E-state index contributed by atoms with van der Waals surface area (Å²) in [4.78, 5) is 25.9. The Hall–Kier alpha value is -2.61. The topological polar surface area (TPSA) is 70.1 Å². The first-order chi connectivity index (χ1) is 17.5. The normalized spacial score (nSPS) is 14.8. The van der Waals surface area contributed by atoms with Crippen LogP contribution in [0.3, 0.4) is 0 Å². The number of carbonyl (C=O) groups excluding carboxylic acids is 2. The van der Waals surface area contributed by atoms with E-state index in [-0.39, 0.29) is 11.2 Å². The molecular formula is C27H28N2O4S3. The maximum absolute atomic E-state index is 12.6. The molecule has 0 spiro atoms. The van der Waals surface area contributed by atoms with Crippen LogP contribution in [0.5, 0.6) is 0 Å². The van der Waals surface area contributed by atoms with Gasteiger partial charge in [0, 0.05) is 53.2 Å². The number of esters is 1. The minimum atomic E-state index is -0.517. The quantitative estimate of drug-likeness (QED) is 0.307. The third kappa shape index (κ3) is 7.45. The highest BCUT2D eigenvalue weighted by atomic mass is 32.2. The van der Waals surface area contributed by atoms with Gasteiger partial charge in [0.25, 0.3) is 5.24 Å². The molecule has 1 aliphatic rings. The van der Waals surface area contributed by atoms with Crippen LogP contribution in [-0.2, 0) is 17.6 Å². The van der Waals surface area contributed by atoms with Crippen LogP contribution in [0.1, 0.15) is 37.7 Å². The number of thiophene rings is 2. The molecule has 36 heavy (non-hydrogen) atoms. The summed E-state index contributed by atoms with van der Waals surface area (Å²) in [6.45, 7) is 1.89. The highest BCUT2D eigenvalue weighted by Crippen LogP contribution is 2.23. The van der Waals surface area contributed by atoms with E-state index in [0.717, 1.165) is 33.9 Å². The Morgan fingerprint density at radius 2 is 2.03 bits per heavy atom. The number of hydrazine groups is 1. The van der Waals surface area contributed by atoms with E-state index in [4.69, 9.17) is 4.74 Å². The second-order valence-corrected chi connectivity index (χ2v) is 11.3. The molecule has 0 radical (unpaired) electrons. The Labute approximate surface area is 223 Å². The molecule has 9 heteroatoms. The number of carbonyl (C=O) groups is 2. The Morgan fingerprint density at radius 1 is 1.17 bits per heavy atom. The van der Waals surface area contributed by atoms with Gasteiger partial charge < -0.3 is 9.84 Å². The lowest BCUT2D eigenvalue weighted by molar-refractivity contribution is 0.0148. The molecule has 0 aliphatic carbocycles. The lowest BCUT2D eigenvalue weighted by atomic mass is 10.0. The summed E-state index contributed by atoms with van der Waals surface area (Å²) in [6, 6.07) is 13.7. The summed E-state index contributed by atoms with van der Waals surface area (Å²) in [7, 11) is 1.37. The van der Waals surface area contributed by atoms with Crippen LogP contribution >= 0.6 is 34.4 Å². The molecule has 1 aromatic carbocycles. The van der Waals surface area contributed by atoms with Gasteiger partial charge in [-0.1, -0.05) is 35.7 Å². The summed E-state index contributed by atoms with van der Waals surface area (Å²) in [6.07, 6.45) is 1.24. The molecular weight excluding hydrogens is 513 g/mol. The van der Waals surface area contributed by atoms with Gasteiger partial charge >= 0.3 is 5.97 Å². The molecule has 1 atom stereocenters. The van der Waals surface area contributed by atoms with E-state index in [2.05, 4.69) is 11.8 Å². The summed E-state index contributed by atoms with van der Waals surface area (Å²) in [5, 5.41) is 18.6. The van der Waals surface area contributed by atoms with Gasteiger partial charge in [-0.25, -0.2) is 9.80 Å². The standard InChI is InChI=1S/C27H28N2O4S3/c1-33-26(31)25-8-7-24(36-25)10-13-29-27(32)35-16-14-28(29)12-9-23(30)18-22-4-2-3-20(17-22)5-6-21-11-15-34-19-21/h2-4,7-8,11,15,17,19,23,30H,9-10,12-14,16,18H2,1H3. The molecule has 1 unspecified atom stereocenters. The van der Waals surface area contributed by atoms with Crippen molar-refractivity contribution in [1.29, 1.82) is 0 Å². The zero-order valence-electron chi connectivity index (χ0n) is 20.0. The highest BCUT2D eigenvalue weighted by molar-refractivity contribution is 8.13. The fourth-order valence-electron chi connectivity index (χ4n) is 3.88. The Morgan fingerprint density at radius 3 is 2.83 bits per heavy atom. The SMILES string of the molecule is COC(=O)c1ccc(CCN2C(=O)SCCN2CCC(O)Cc2cccc(C#Cc3ccsc3)c2)s1. The van der Waals surface area contributed by atoms with Crippen LogP contribution in [0.15, 0.2) is 53.2 Å². The largest absolute Gasteiger partial charge is 0.465 e. The fourth-order valence-corrected chi connectivity index (χ4v) is 6.22. The predicted molar refractivity (Wildman–Crippen MR) is 147 cm³/mol. The van der Waals surface area contributed by atoms with Crippen LogP contribution in [0.2, 0.25) is 0 Å². The maximum atomic E-state index is 12.6. The summed E-state index contributed by atoms with van der Waals surface area (Å²) >= 11 is 4.34. The number of hydrogen-bond acceptors (Lipinski definition) is 8. The fraction of sp³-hybridized carbons (Fsp3) is 0.333. The highest BCUT2D eigenvalue weighted by Gasteiger charge is 2.27. The van der Waals surface area contributed by atoms with Crippen molar-refractivity contribution in [3.8, 4) is 11.8 Å². The number of aliphatic hydroxyl groups excluding tert-OH is 1. The van der Waals surface area contributed by atoms with Gasteiger partial charge in [0.2, 0.25) is 0 Å². The molecule has 6 nitrogen and oxygen atoms in total. The second-order valence-electron chi connectivity index (χ2n) is 8.31. The first-order valence-corrected chi connectivity index (χ1v) is 14.4. The summed E-state index contributed by atoms with van der Waals surface area (Å²) < 4.78 is 4.77. The van der Waals surface area contributed by atoms with Crippen molar-refractivity contribution in [2.75, 3.05) is 32.5 Å². The number of ether oxygens (including phenoxy) is 1. The average Bonchev–Trinajstić information content (AvgIpc) is 3.58. The van der Waals surface area contributed by atoms with Gasteiger partial charge in [0.1, 0.15) is 4.88 Å². The van der Waals surface area contributed by atoms with Crippen molar-refractivity contribution in [2.24, 2.45) is 0 Å². The van der Waals surface area contributed by atoms with Crippen molar-refractivity contribution in [2.45, 2.75) is 25.4 Å². The van der Waals surface area contributed by atoms with E-state index in [1.165, 1.54) is 30.2 Å². The van der Waals surface area contributed by atoms with Gasteiger partial charge in [0.15, 0.2) is 0 Å². The zero-order chi connectivity index (χ0) is 25.3. The van der Waals surface area contributed by atoms with Gasteiger partial charge in [-0.15, -0.1) is 11.3 Å². The van der Waals surface area contributed by atoms with Crippen molar-refractivity contribution in [3.63, 3.8) is 0 Å². The molecule has 0 bridgehead atoms. The maximum Gasteiger partial charge on any atom is 0.348 e. The molecule has 0 saturated carbocycles. The number of benzene rings is 1. The number of methoxy groups -OCH3 is 1. The summed E-state index contributed by atoms with van der Waals surface area (Å²) in [5.41, 5.74) is 2.98. The van der Waals surface area contributed by atoms with E-state index in [0.29, 0.717) is 37.2 Å². The van der Waals surface area contributed by atoms with Crippen LogP contribution in [0, 0.1) is 11.8 Å². The lowest BCUT2D eigenvalue weighted by Gasteiger charge is -2.38. The molecule has 3 heterocycles. The second kappa shape index (κ2) is 13.1. The minimum Gasteiger partial charge on any atom is -0.465 e. The summed E-state index contributed by atoms with van der Waals surface area (Å²) in [5.74, 6) is 6.75. The number of rotatable bonds is 9.